The van der Waals surface area contributed by atoms with E-state index in [9.17, 15) is 0 Å². The van der Waals surface area contributed by atoms with Gasteiger partial charge in [-0.25, -0.2) is 4.98 Å². The third kappa shape index (κ3) is 2.09. The smallest absolute Gasteiger partial charge is 0.225 e. The molecule has 6 heteroatoms. The summed E-state index contributed by atoms with van der Waals surface area (Å²) in [5.74, 6) is 0.655. The molecule has 5 nitrogen and oxygen atoms in total. The van der Waals surface area contributed by atoms with Crippen molar-refractivity contribution in [2.75, 3.05) is 12.4 Å². The molecule has 1 aliphatic carbocycles. The van der Waals surface area contributed by atoms with E-state index in [2.05, 4.69) is 25.5 Å². The van der Waals surface area contributed by atoms with Gasteiger partial charge in [0.2, 0.25) is 5.95 Å². The van der Waals surface area contributed by atoms with Crippen LogP contribution in [-0.2, 0) is 0 Å². The standard InChI is InChI=1S/C11H15N5S/c1-12-11-14-9-8(6-13-16-9)10(15-11)17-7-4-2-3-5-7/h6-7H,2-5H2,1H3,(H2,12,13,14,15,16). The van der Waals surface area contributed by atoms with Crippen molar-refractivity contribution in [3.8, 4) is 0 Å². The number of rotatable bonds is 3. The van der Waals surface area contributed by atoms with E-state index in [1.165, 1.54) is 25.7 Å². The second kappa shape index (κ2) is 4.52. The minimum absolute atomic E-state index is 0.655. The number of hydrogen-bond acceptors (Lipinski definition) is 5. The van der Waals surface area contributed by atoms with E-state index in [0.717, 1.165) is 16.1 Å². The van der Waals surface area contributed by atoms with E-state index < -0.39 is 0 Å². The minimum Gasteiger partial charge on any atom is -0.357 e. The van der Waals surface area contributed by atoms with Crippen molar-refractivity contribution in [2.45, 2.75) is 36.0 Å². The molecular formula is C11H15N5S. The Bertz CT molecular complexity index is 518. The maximum atomic E-state index is 4.54. The van der Waals surface area contributed by atoms with Gasteiger partial charge in [0.05, 0.1) is 11.6 Å². The van der Waals surface area contributed by atoms with Crippen molar-refractivity contribution >= 4 is 28.7 Å². The van der Waals surface area contributed by atoms with E-state index >= 15 is 0 Å². The molecule has 0 amide bonds. The summed E-state index contributed by atoms with van der Waals surface area (Å²) >= 11 is 1.86. The molecule has 3 rings (SSSR count). The Hall–Kier alpha value is -1.30. The maximum absolute atomic E-state index is 4.54. The van der Waals surface area contributed by atoms with Crippen molar-refractivity contribution < 1.29 is 0 Å². The Kier molecular flexibility index (Phi) is 2.88. The molecule has 0 bridgehead atoms. The molecule has 0 aliphatic heterocycles. The lowest BCUT2D eigenvalue weighted by atomic mass is 10.4. The average Bonchev–Trinajstić information content (AvgIpc) is 2.98. The van der Waals surface area contributed by atoms with Crippen molar-refractivity contribution in [1.29, 1.82) is 0 Å². The second-order valence-corrected chi connectivity index (χ2v) is 5.55. The van der Waals surface area contributed by atoms with Crippen molar-refractivity contribution in [3.05, 3.63) is 6.20 Å². The van der Waals surface area contributed by atoms with Crippen LogP contribution in [0.4, 0.5) is 5.95 Å². The summed E-state index contributed by atoms with van der Waals surface area (Å²) in [5, 5.41) is 12.7. The highest BCUT2D eigenvalue weighted by Gasteiger charge is 2.19. The molecule has 17 heavy (non-hydrogen) atoms. The van der Waals surface area contributed by atoms with Gasteiger partial charge in [-0.3, -0.25) is 5.10 Å². The summed E-state index contributed by atoms with van der Waals surface area (Å²) in [6.45, 7) is 0. The van der Waals surface area contributed by atoms with E-state index in [1.807, 2.05) is 25.0 Å². The predicted molar refractivity (Wildman–Crippen MR) is 69.3 cm³/mol. The first-order valence-corrected chi connectivity index (χ1v) is 6.80. The van der Waals surface area contributed by atoms with Crippen LogP contribution >= 0.6 is 11.8 Å². The number of aromatic nitrogens is 4. The van der Waals surface area contributed by atoms with E-state index in [-0.39, 0.29) is 0 Å². The van der Waals surface area contributed by atoms with Crippen LogP contribution in [0.15, 0.2) is 11.2 Å². The summed E-state index contributed by atoms with van der Waals surface area (Å²) in [5.41, 5.74) is 0.810. The highest BCUT2D eigenvalue weighted by Crippen LogP contribution is 2.36. The number of thioether (sulfide) groups is 1. The van der Waals surface area contributed by atoms with Gasteiger partial charge in [0.1, 0.15) is 5.03 Å². The molecule has 2 heterocycles. The number of H-pyrrole nitrogens is 1. The maximum Gasteiger partial charge on any atom is 0.225 e. The lowest BCUT2D eigenvalue weighted by Gasteiger charge is -2.09. The molecule has 0 radical (unpaired) electrons. The highest BCUT2D eigenvalue weighted by molar-refractivity contribution is 8.00. The molecule has 1 aliphatic rings. The highest BCUT2D eigenvalue weighted by atomic mass is 32.2. The van der Waals surface area contributed by atoms with Gasteiger partial charge >= 0.3 is 0 Å². The number of hydrogen-bond donors (Lipinski definition) is 2. The first-order chi connectivity index (χ1) is 8.36. The Balaban J connectivity index is 1.97. The second-order valence-electron chi connectivity index (χ2n) is 4.26. The third-order valence-corrected chi connectivity index (χ3v) is 4.42. The zero-order chi connectivity index (χ0) is 11.7. The number of nitrogens with one attached hydrogen (secondary N) is 2. The molecule has 0 atom stereocenters. The van der Waals surface area contributed by atoms with Crippen molar-refractivity contribution in [1.82, 2.24) is 20.2 Å². The first kappa shape index (κ1) is 10.8. The predicted octanol–water partition coefficient (Wildman–Crippen LogP) is 2.43. The van der Waals surface area contributed by atoms with Crippen LogP contribution in [0.5, 0.6) is 0 Å². The molecule has 2 aromatic rings. The van der Waals surface area contributed by atoms with Gasteiger partial charge in [0.15, 0.2) is 5.65 Å². The average molecular weight is 249 g/mol. The lowest BCUT2D eigenvalue weighted by Crippen LogP contribution is -2.00. The molecule has 1 fully saturated rings. The number of nitrogens with zero attached hydrogens (tertiary/aromatic N) is 3. The fourth-order valence-corrected chi connectivity index (χ4v) is 3.47. The quantitative estimate of drug-likeness (QED) is 0.818. The van der Waals surface area contributed by atoms with Crippen molar-refractivity contribution in [2.24, 2.45) is 0 Å². The van der Waals surface area contributed by atoms with Crippen LogP contribution in [0.3, 0.4) is 0 Å². The van der Waals surface area contributed by atoms with E-state index in [0.29, 0.717) is 11.2 Å². The Morgan fingerprint density at radius 3 is 2.94 bits per heavy atom. The molecule has 2 aromatic heterocycles. The molecule has 90 valence electrons. The third-order valence-electron chi connectivity index (χ3n) is 3.08. The van der Waals surface area contributed by atoms with Gasteiger partial charge in [-0.2, -0.15) is 10.1 Å². The van der Waals surface area contributed by atoms with Gasteiger partial charge in [-0.05, 0) is 12.8 Å². The Morgan fingerprint density at radius 2 is 2.18 bits per heavy atom. The first-order valence-electron chi connectivity index (χ1n) is 5.92. The van der Waals surface area contributed by atoms with Gasteiger partial charge in [0.25, 0.3) is 0 Å². The van der Waals surface area contributed by atoms with Crippen LogP contribution in [0.25, 0.3) is 11.0 Å². The van der Waals surface area contributed by atoms with E-state index in [1.54, 1.807) is 0 Å². The topological polar surface area (TPSA) is 66.5 Å². The summed E-state index contributed by atoms with van der Waals surface area (Å²) in [7, 11) is 1.83. The largest absolute Gasteiger partial charge is 0.357 e. The van der Waals surface area contributed by atoms with Crippen LogP contribution in [0.2, 0.25) is 0 Å². The van der Waals surface area contributed by atoms with E-state index in [4.69, 9.17) is 0 Å². The molecule has 0 spiro atoms. The molecule has 2 N–H and O–H groups in total. The number of fused-ring (bicyclic) bond motifs is 1. The Morgan fingerprint density at radius 1 is 1.35 bits per heavy atom. The lowest BCUT2D eigenvalue weighted by molar-refractivity contribution is 0.886. The Labute approximate surface area is 104 Å². The summed E-state index contributed by atoms with van der Waals surface area (Å²) in [6.07, 6.45) is 7.09. The zero-order valence-electron chi connectivity index (χ0n) is 9.73. The van der Waals surface area contributed by atoms with Crippen LogP contribution < -0.4 is 5.32 Å². The molecular weight excluding hydrogens is 234 g/mol. The van der Waals surface area contributed by atoms with Crippen molar-refractivity contribution in [3.63, 3.8) is 0 Å². The normalized spacial score (nSPS) is 16.8. The summed E-state index contributed by atoms with van der Waals surface area (Å²) in [4.78, 5) is 8.87. The molecule has 0 unspecified atom stereocenters. The monoisotopic (exact) mass is 249 g/mol. The minimum atomic E-state index is 0.655. The van der Waals surface area contributed by atoms with Crippen LogP contribution in [0, 0.1) is 0 Å². The zero-order valence-corrected chi connectivity index (χ0v) is 10.5. The fraction of sp³-hybridized carbons (Fsp3) is 0.545. The van der Waals surface area contributed by atoms with Crippen LogP contribution in [0.1, 0.15) is 25.7 Å². The fourth-order valence-electron chi connectivity index (χ4n) is 2.17. The number of anilines is 1. The molecule has 0 saturated heterocycles. The van der Waals surface area contributed by atoms with Gasteiger partial charge in [0, 0.05) is 12.3 Å². The van der Waals surface area contributed by atoms with Gasteiger partial charge in [-0.1, -0.05) is 12.8 Å². The van der Waals surface area contributed by atoms with Gasteiger partial charge in [-0.15, -0.1) is 11.8 Å². The molecule has 0 aromatic carbocycles. The number of aromatic amines is 1. The molecule has 1 saturated carbocycles. The SMILES string of the molecule is CNc1nc(SC2CCCC2)c2cn[nH]c2n1. The summed E-state index contributed by atoms with van der Waals surface area (Å²) < 4.78 is 0. The summed E-state index contributed by atoms with van der Waals surface area (Å²) in [6, 6.07) is 0. The van der Waals surface area contributed by atoms with Gasteiger partial charge < -0.3 is 5.32 Å². The van der Waals surface area contributed by atoms with Crippen LogP contribution in [-0.4, -0.2) is 32.5 Å².